The van der Waals surface area contributed by atoms with E-state index in [-0.39, 0.29) is 5.82 Å². The summed E-state index contributed by atoms with van der Waals surface area (Å²) in [5.74, 6) is 0.607. The minimum Gasteiger partial charge on any atom is -0.496 e. The van der Waals surface area contributed by atoms with E-state index in [9.17, 15) is 4.39 Å². The number of nitrogens with zero attached hydrogens (tertiary/aromatic N) is 1. The van der Waals surface area contributed by atoms with Gasteiger partial charge in [-0.1, -0.05) is 6.07 Å². The van der Waals surface area contributed by atoms with Gasteiger partial charge >= 0.3 is 0 Å². The van der Waals surface area contributed by atoms with Crippen molar-refractivity contribution in [3.05, 3.63) is 64.5 Å². The van der Waals surface area contributed by atoms with Crippen molar-refractivity contribution in [1.82, 2.24) is 4.57 Å². The van der Waals surface area contributed by atoms with Crippen LogP contribution in [-0.2, 0) is 6.54 Å². The molecule has 0 unspecified atom stereocenters. The number of methoxy groups -OCH3 is 1. The van der Waals surface area contributed by atoms with Gasteiger partial charge in [0.25, 0.3) is 0 Å². The summed E-state index contributed by atoms with van der Waals surface area (Å²) in [6.07, 6.45) is 1.97. The number of fused-ring (bicyclic) bond motifs is 1. The Morgan fingerprint density at radius 2 is 2.00 bits per heavy atom. The van der Waals surface area contributed by atoms with Gasteiger partial charge in [0.05, 0.1) is 11.6 Å². The second-order valence-corrected chi connectivity index (χ2v) is 5.47. The number of benzene rings is 2. The van der Waals surface area contributed by atoms with E-state index in [1.807, 2.05) is 36.5 Å². The molecule has 2 aromatic carbocycles. The molecule has 0 saturated carbocycles. The Hall–Kier alpha value is -1.81. The van der Waals surface area contributed by atoms with Crippen molar-refractivity contribution in [3.63, 3.8) is 0 Å². The molecule has 0 spiro atoms. The lowest BCUT2D eigenvalue weighted by Crippen LogP contribution is -1.98. The van der Waals surface area contributed by atoms with Crippen molar-refractivity contribution in [1.29, 1.82) is 0 Å². The summed E-state index contributed by atoms with van der Waals surface area (Å²) in [5.41, 5.74) is 2.18. The Labute approximate surface area is 124 Å². The molecular formula is C16H13BrFNO. The first kappa shape index (κ1) is 13.2. The van der Waals surface area contributed by atoms with E-state index < -0.39 is 0 Å². The van der Waals surface area contributed by atoms with Gasteiger partial charge in [-0.15, -0.1) is 0 Å². The van der Waals surface area contributed by atoms with Crippen LogP contribution in [0.5, 0.6) is 5.75 Å². The monoisotopic (exact) mass is 333 g/mol. The fraction of sp³-hybridized carbons (Fsp3) is 0.125. The third-order valence-electron chi connectivity index (χ3n) is 3.30. The summed E-state index contributed by atoms with van der Waals surface area (Å²) in [7, 11) is 1.65. The molecule has 0 saturated heterocycles. The van der Waals surface area contributed by atoms with Crippen molar-refractivity contribution < 1.29 is 9.13 Å². The summed E-state index contributed by atoms with van der Waals surface area (Å²) < 4.78 is 21.4. The quantitative estimate of drug-likeness (QED) is 0.683. The molecular weight excluding hydrogens is 321 g/mol. The molecule has 0 aliphatic carbocycles. The second kappa shape index (κ2) is 5.29. The third kappa shape index (κ3) is 2.43. The molecule has 0 radical (unpaired) electrons. The van der Waals surface area contributed by atoms with Crippen LogP contribution in [0.3, 0.4) is 0 Å². The average molecular weight is 334 g/mol. The summed E-state index contributed by atoms with van der Waals surface area (Å²) >= 11 is 3.49. The molecule has 3 rings (SSSR count). The highest BCUT2D eigenvalue weighted by Crippen LogP contribution is 2.26. The standard InChI is InChI=1S/C16H13BrFNO/c1-20-16-5-2-11(8-14(16)17)10-19-7-6-12-9-13(18)3-4-15(12)19/h2-9H,10H2,1H3. The van der Waals surface area contributed by atoms with Gasteiger partial charge in [0, 0.05) is 23.6 Å². The van der Waals surface area contributed by atoms with Crippen LogP contribution in [0.4, 0.5) is 4.39 Å². The fourth-order valence-electron chi connectivity index (χ4n) is 2.31. The lowest BCUT2D eigenvalue weighted by Gasteiger charge is -2.08. The first-order valence-electron chi connectivity index (χ1n) is 6.24. The van der Waals surface area contributed by atoms with Crippen molar-refractivity contribution in [2.45, 2.75) is 6.54 Å². The van der Waals surface area contributed by atoms with Crippen LogP contribution >= 0.6 is 15.9 Å². The van der Waals surface area contributed by atoms with Crippen LogP contribution < -0.4 is 4.74 Å². The molecule has 0 N–H and O–H groups in total. The van der Waals surface area contributed by atoms with E-state index in [1.54, 1.807) is 13.2 Å². The fourth-order valence-corrected chi connectivity index (χ4v) is 2.90. The van der Waals surface area contributed by atoms with Crippen LogP contribution in [0.25, 0.3) is 10.9 Å². The van der Waals surface area contributed by atoms with Gasteiger partial charge in [0.15, 0.2) is 0 Å². The Kier molecular flexibility index (Phi) is 3.49. The maximum atomic E-state index is 13.2. The van der Waals surface area contributed by atoms with Crippen molar-refractivity contribution in [2.24, 2.45) is 0 Å². The smallest absolute Gasteiger partial charge is 0.133 e. The molecule has 0 atom stereocenters. The van der Waals surface area contributed by atoms with E-state index in [0.29, 0.717) is 0 Å². The molecule has 20 heavy (non-hydrogen) atoms. The van der Waals surface area contributed by atoms with Gasteiger partial charge in [-0.2, -0.15) is 0 Å². The van der Waals surface area contributed by atoms with Gasteiger partial charge in [-0.3, -0.25) is 0 Å². The second-order valence-electron chi connectivity index (χ2n) is 4.62. The number of hydrogen-bond acceptors (Lipinski definition) is 1. The third-order valence-corrected chi connectivity index (χ3v) is 3.92. The van der Waals surface area contributed by atoms with Gasteiger partial charge in [-0.05, 0) is 57.9 Å². The number of aromatic nitrogens is 1. The van der Waals surface area contributed by atoms with Crippen LogP contribution in [0.15, 0.2) is 53.1 Å². The van der Waals surface area contributed by atoms with E-state index in [2.05, 4.69) is 20.5 Å². The first-order valence-corrected chi connectivity index (χ1v) is 7.03. The molecule has 0 aliphatic heterocycles. The predicted molar refractivity (Wildman–Crippen MR) is 81.7 cm³/mol. The molecule has 1 aromatic heterocycles. The average Bonchev–Trinajstić information content (AvgIpc) is 2.81. The number of rotatable bonds is 3. The molecule has 0 aliphatic rings. The molecule has 0 bridgehead atoms. The lowest BCUT2D eigenvalue weighted by atomic mass is 10.2. The first-order chi connectivity index (χ1) is 9.67. The lowest BCUT2D eigenvalue weighted by molar-refractivity contribution is 0.412. The van der Waals surface area contributed by atoms with Crippen molar-refractivity contribution >= 4 is 26.8 Å². The molecule has 0 fully saturated rings. The maximum absolute atomic E-state index is 13.2. The Bertz CT molecular complexity index is 766. The van der Waals surface area contributed by atoms with E-state index in [4.69, 9.17) is 4.74 Å². The maximum Gasteiger partial charge on any atom is 0.133 e. The summed E-state index contributed by atoms with van der Waals surface area (Å²) in [6, 6.07) is 12.8. The zero-order valence-corrected chi connectivity index (χ0v) is 12.5. The van der Waals surface area contributed by atoms with Crippen LogP contribution in [0.1, 0.15) is 5.56 Å². The summed E-state index contributed by atoms with van der Waals surface area (Å²) in [5, 5.41) is 0.914. The molecule has 3 aromatic rings. The number of hydrogen-bond donors (Lipinski definition) is 0. The summed E-state index contributed by atoms with van der Waals surface area (Å²) in [4.78, 5) is 0. The number of ether oxygens (including phenoxy) is 1. The Morgan fingerprint density at radius 3 is 2.75 bits per heavy atom. The molecule has 4 heteroatoms. The SMILES string of the molecule is COc1ccc(Cn2ccc3cc(F)ccc32)cc1Br. The van der Waals surface area contributed by atoms with Crippen LogP contribution in [-0.4, -0.2) is 11.7 Å². The van der Waals surface area contributed by atoms with E-state index in [1.165, 1.54) is 6.07 Å². The minimum atomic E-state index is -0.206. The topological polar surface area (TPSA) is 14.2 Å². The van der Waals surface area contributed by atoms with Gasteiger partial charge in [0.2, 0.25) is 0 Å². The van der Waals surface area contributed by atoms with E-state index >= 15 is 0 Å². The molecule has 0 amide bonds. The van der Waals surface area contributed by atoms with E-state index in [0.717, 1.165) is 33.2 Å². The van der Waals surface area contributed by atoms with Crippen molar-refractivity contribution in [2.75, 3.05) is 7.11 Å². The minimum absolute atomic E-state index is 0.206. The largest absolute Gasteiger partial charge is 0.496 e. The zero-order valence-electron chi connectivity index (χ0n) is 10.9. The van der Waals surface area contributed by atoms with Gasteiger partial charge in [0.1, 0.15) is 11.6 Å². The Balaban J connectivity index is 1.95. The normalized spacial score (nSPS) is 10.9. The predicted octanol–water partition coefficient (Wildman–Crippen LogP) is 4.60. The number of halogens is 2. The highest BCUT2D eigenvalue weighted by Gasteiger charge is 2.05. The molecule has 2 nitrogen and oxygen atoms in total. The van der Waals surface area contributed by atoms with Gasteiger partial charge < -0.3 is 9.30 Å². The molecule has 1 heterocycles. The van der Waals surface area contributed by atoms with Crippen molar-refractivity contribution in [3.8, 4) is 5.75 Å². The molecule has 102 valence electrons. The highest BCUT2D eigenvalue weighted by molar-refractivity contribution is 9.10. The van der Waals surface area contributed by atoms with Gasteiger partial charge in [-0.25, -0.2) is 4.39 Å². The summed E-state index contributed by atoms with van der Waals surface area (Å²) in [6.45, 7) is 0.734. The highest BCUT2D eigenvalue weighted by atomic mass is 79.9. The Morgan fingerprint density at radius 1 is 1.15 bits per heavy atom. The van der Waals surface area contributed by atoms with Crippen LogP contribution in [0, 0.1) is 5.82 Å². The zero-order chi connectivity index (χ0) is 14.1. The van der Waals surface area contributed by atoms with Crippen LogP contribution in [0.2, 0.25) is 0 Å².